The molecule has 3 heteroatoms. The van der Waals surface area contributed by atoms with E-state index < -0.39 is 0 Å². The van der Waals surface area contributed by atoms with Gasteiger partial charge in [-0.1, -0.05) is 24.3 Å². The molecule has 3 aromatic rings. The van der Waals surface area contributed by atoms with Gasteiger partial charge in [0.1, 0.15) is 11.3 Å². The molecule has 1 heterocycles. The van der Waals surface area contributed by atoms with Crippen molar-refractivity contribution in [3.8, 4) is 16.9 Å². The van der Waals surface area contributed by atoms with Gasteiger partial charge in [0.2, 0.25) is 0 Å². The Morgan fingerprint density at radius 2 is 1.74 bits per heavy atom. The molecule has 0 radical (unpaired) electrons. The van der Waals surface area contributed by atoms with Crippen molar-refractivity contribution in [3.63, 3.8) is 0 Å². The Balaban J connectivity index is 2.16. The Labute approximate surface area is 110 Å². The van der Waals surface area contributed by atoms with Crippen molar-refractivity contribution < 1.29 is 9.15 Å². The number of benzene rings is 2. The highest BCUT2D eigenvalue weighted by molar-refractivity contribution is 5.82. The van der Waals surface area contributed by atoms with Crippen LogP contribution in [0.25, 0.3) is 22.1 Å². The number of methoxy groups -OCH3 is 1. The molecule has 0 aliphatic heterocycles. The molecule has 3 rings (SSSR count). The van der Waals surface area contributed by atoms with Crippen molar-refractivity contribution in [3.05, 3.63) is 65.0 Å². The standard InChI is InChI=1S/C16H12O3/c1-18-14-4-2-3-12(9-14)13-6-5-11-7-8-16(17)19-15(11)10-13/h2-10H,1H3. The molecule has 0 amide bonds. The molecule has 2 aromatic carbocycles. The molecule has 3 nitrogen and oxygen atoms in total. The third-order valence-corrected chi connectivity index (χ3v) is 3.03. The highest BCUT2D eigenvalue weighted by atomic mass is 16.5. The highest BCUT2D eigenvalue weighted by Gasteiger charge is 2.03. The molecule has 19 heavy (non-hydrogen) atoms. The van der Waals surface area contributed by atoms with E-state index in [4.69, 9.17) is 9.15 Å². The van der Waals surface area contributed by atoms with Crippen molar-refractivity contribution in [2.75, 3.05) is 7.11 Å². The lowest BCUT2D eigenvalue weighted by Gasteiger charge is -2.05. The minimum absolute atomic E-state index is 0.338. The summed E-state index contributed by atoms with van der Waals surface area (Å²) in [7, 11) is 1.64. The number of hydrogen-bond donors (Lipinski definition) is 0. The van der Waals surface area contributed by atoms with Crippen LogP contribution < -0.4 is 10.4 Å². The summed E-state index contributed by atoms with van der Waals surface area (Å²) in [6.45, 7) is 0. The summed E-state index contributed by atoms with van der Waals surface area (Å²) in [6, 6.07) is 16.7. The molecule has 0 aliphatic carbocycles. The van der Waals surface area contributed by atoms with Gasteiger partial charge in [-0.25, -0.2) is 4.79 Å². The van der Waals surface area contributed by atoms with Gasteiger partial charge in [0.25, 0.3) is 0 Å². The van der Waals surface area contributed by atoms with Crippen LogP contribution in [0.1, 0.15) is 0 Å². The van der Waals surface area contributed by atoms with Gasteiger partial charge in [-0.05, 0) is 35.4 Å². The zero-order valence-electron chi connectivity index (χ0n) is 10.4. The molecule has 0 fully saturated rings. The Bertz CT molecular complexity index is 787. The Morgan fingerprint density at radius 3 is 2.58 bits per heavy atom. The second-order valence-corrected chi connectivity index (χ2v) is 4.24. The average Bonchev–Trinajstić information content (AvgIpc) is 2.46. The first kappa shape index (κ1) is 11.5. The fourth-order valence-electron chi connectivity index (χ4n) is 2.04. The van der Waals surface area contributed by atoms with Crippen LogP contribution in [0, 0.1) is 0 Å². The minimum Gasteiger partial charge on any atom is -0.497 e. The lowest BCUT2D eigenvalue weighted by atomic mass is 10.0. The second-order valence-electron chi connectivity index (χ2n) is 4.24. The predicted molar refractivity (Wildman–Crippen MR) is 74.5 cm³/mol. The van der Waals surface area contributed by atoms with Gasteiger partial charge in [-0.15, -0.1) is 0 Å². The molecule has 94 valence electrons. The first-order chi connectivity index (χ1) is 9.26. The van der Waals surface area contributed by atoms with E-state index >= 15 is 0 Å². The van der Waals surface area contributed by atoms with Crippen LogP contribution in [-0.4, -0.2) is 7.11 Å². The molecule has 0 atom stereocenters. The Hall–Kier alpha value is -2.55. The molecule has 0 unspecified atom stereocenters. The maximum Gasteiger partial charge on any atom is 0.336 e. The van der Waals surface area contributed by atoms with Crippen LogP contribution in [0.15, 0.2) is 63.8 Å². The fraction of sp³-hybridized carbons (Fsp3) is 0.0625. The van der Waals surface area contributed by atoms with Gasteiger partial charge in [0.15, 0.2) is 0 Å². The van der Waals surface area contributed by atoms with Crippen LogP contribution in [0.3, 0.4) is 0 Å². The topological polar surface area (TPSA) is 39.4 Å². The lowest BCUT2D eigenvalue weighted by molar-refractivity contribution is 0.415. The molecular formula is C16H12O3. The molecule has 1 aromatic heterocycles. The lowest BCUT2D eigenvalue weighted by Crippen LogP contribution is -1.94. The summed E-state index contributed by atoms with van der Waals surface area (Å²) in [5.41, 5.74) is 2.26. The van der Waals surface area contributed by atoms with E-state index in [1.165, 1.54) is 6.07 Å². The van der Waals surface area contributed by atoms with Gasteiger partial charge in [0.05, 0.1) is 7.11 Å². The summed E-state index contributed by atoms with van der Waals surface area (Å²) in [5.74, 6) is 0.798. The summed E-state index contributed by atoms with van der Waals surface area (Å²) in [6.07, 6.45) is 0. The quantitative estimate of drug-likeness (QED) is 0.655. The van der Waals surface area contributed by atoms with Crippen molar-refractivity contribution >= 4 is 11.0 Å². The first-order valence-corrected chi connectivity index (χ1v) is 5.94. The maximum atomic E-state index is 11.2. The van der Waals surface area contributed by atoms with Crippen molar-refractivity contribution in [1.82, 2.24) is 0 Å². The molecule has 0 N–H and O–H groups in total. The van der Waals surface area contributed by atoms with Crippen LogP contribution in [0.2, 0.25) is 0 Å². The van der Waals surface area contributed by atoms with Gasteiger partial charge in [0, 0.05) is 11.5 Å². The summed E-state index contributed by atoms with van der Waals surface area (Å²) >= 11 is 0. The Morgan fingerprint density at radius 1 is 0.947 bits per heavy atom. The normalized spacial score (nSPS) is 10.6. The van der Waals surface area contributed by atoms with Crippen molar-refractivity contribution in [1.29, 1.82) is 0 Å². The van der Waals surface area contributed by atoms with Crippen molar-refractivity contribution in [2.24, 2.45) is 0 Å². The number of hydrogen-bond acceptors (Lipinski definition) is 3. The molecule has 0 saturated heterocycles. The molecule has 0 saturated carbocycles. The van der Waals surface area contributed by atoms with Crippen LogP contribution in [-0.2, 0) is 0 Å². The van der Waals surface area contributed by atoms with E-state index in [2.05, 4.69) is 0 Å². The van der Waals surface area contributed by atoms with Gasteiger partial charge < -0.3 is 9.15 Å². The molecule has 0 bridgehead atoms. The second kappa shape index (κ2) is 4.61. The maximum absolute atomic E-state index is 11.2. The van der Waals surface area contributed by atoms with E-state index in [-0.39, 0.29) is 5.63 Å². The average molecular weight is 252 g/mol. The summed E-state index contributed by atoms with van der Waals surface area (Å²) < 4.78 is 10.4. The SMILES string of the molecule is COc1cccc(-c2ccc3ccc(=O)oc3c2)c1. The van der Waals surface area contributed by atoms with Crippen LogP contribution >= 0.6 is 0 Å². The van der Waals surface area contributed by atoms with E-state index in [1.807, 2.05) is 42.5 Å². The largest absolute Gasteiger partial charge is 0.497 e. The van der Waals surface area contributed by atoms with E-state index in [0.717, 1.165) is 22.3 Å². The van der Waals surface area contributed by atoms with Crippen LogP contribution in [0.5, 0.6) is 5.75 Å². The molecule has 0 aliphatic rings. The molecular weight excluding hydrogens is 240 g/mol. The van der Waals surface area contributed by atoms with E-state index in [9.17, 15) is 4.79 Å². The third kappa shape index (κ3) is 2.22. The number of ether oxygens (including phenoxy) is 1. The predicted octanol–water partition coefficient (Wildman–Crippen LogP) is 3.47. The Kier molecular flexibility index (Phi) is 2.80. The smallest absolute Gasteiger partial charge is 0.336 e. The van der Waals surface area contributed by atoms with Gasteiger partial charge in [-0.3, -0.25) is 0 Å². The highest BCUT2D eigenvalue weighted by Crippen LogP contribution is 2.26. The number of rotatable bonds is 2. The van der Waals surface area contributed by atoms with Crippen molar-refractivity contribution in [2.45, 2.75) is 0 Å². The minimum atomic E-state index is -0.338. The third-order valence-electron chi connectivity index (χ3n) is 3.03. The number of fused-ring (bicyclic) bond motifs is 1. The zero-order valence-corrected chi connectivity index (χ0v) is 10.4. The monoisotopic (exact) mass is 252 g/mol. The molecule has 0 spiro atoms. The zero-order chi connectivity index (χ0) is 13.2. The summed E-state index contributed by atoms with van der Waals surface area (Å²) in [4.78, 5) is 11.2. The fourth-order valence-corrected chi connectivity index (χ4v) is 2.04. The van der Waals surface area contributed by atoms with Gasteiger partial charge >= 0.3 is 5.63 Å². The first-order valence-electron chi connectivity index (χ1n) is 5.94. The summed E-state index contributed by atoms with van der Waals surface area (Å²) in [5, 5.41) is 0.909. The van der Waals surface area contributed by atoms with Gasteiger partial charge in [-0.2, -0.15) is 0 Å². The van der Waals surface area contributed by atoms with E-state index in [1.54, 1.807) is 13.2 Å². The van der Waals surface area contributed by atoms with E-state index in [0.29, 0.717) is 5.58 Å². The van der Waals surface area contributed by atoms with Crippen LogP contribution in [0.4, 0.5) is 0 Å².